The summed E-state index contributed by atoms with van der Waals surface area (Å²) in [7, 11) is 0. The van der Waals surface area contributed by atoms with Crippen LogP contribution in [0.3, 0.4) is 0 Å². The first kappa shape index (κ1) is 17.0. The number of hydrogen-bond donors (Lipinski definition) is 1. The zero-order valence-corrected chi connectivity index (χ0v) is 13.1. The molecule has 0 saturated heterocycles. The van der Waals surface area contributed by atoms with E-state index in [9.17, 15) is 0 Å². The summed E-state index contributed by atoms with van der Waals surface area (Å²) in [6, 6.07) is 0. The Bertz CT molecular complexity index is 168. The van der Waals surface area contributed by atoms with Crippen molar-refractivity contribution in [1.29, 1.82) is 0 Å². The summed E-state index contributed by atoms with van der Waals surface area (Å²) in [5.41, 5.74) is 0.406. The van der Waals surface area contributed by atoms with Gasteiger partial charge in [-0.15, -0.1) is 0 Å². The van der Waals surface area contributed by atoms with Gasteiger partial charge in [0, 0.05) is 5.54 Å². The van der Waals surface area contributed by atoms with Gasteiger partial charge in [-0.1, -0.05) is 54.4 Å². The molecule has 1 heteroatoms. The van der Waals surface area contributed by atoms with E-state index in [4.69, 9.17) is 0 Å². The van der Waals surface area contributed by atoms with Crippen molar-refractivity contribution in [3.63, 3.8) is 0 Å². The second-order valence-electron chi connectivity index (χ2n) is 6.21. The highest BCUT2D eigenvalue weighted by molar-refractivity contribution is 4.89. The van der Waals surface area contributed by atoms with Crippen LogP contribution in [-0.4, -0.2) is 12.1 Å². The highest BCUT2D eigenvalue weighted by Crippen LogP contribution is 2.30. The van der Waals surface area contributed by atoms with E-state index < -0.39 is 0 Å². The first-order valence-corrected chi connectivity index (χ1v) is 7.74. The van der Waals surface area contributed by atoms with Crippen molar-refractivity contribution in [2.24, 2.45) is 11.8 Å². The molecule has 0 aromatic rings. The second kappa shape index (κ2) is 8.97. The van der Waals surface area contributed by atoms with Gasteiger partial charge in [-0.05, 0) is 44.1 Å². The zero-order chi connectivity index (χ0) is 13.3. The highest BCUT2D eigenvalue weighted by Gasteiger charge is 2.29. The molecule has 0 saturated carbocycles. The van der Waals surface area contributed by atoms with E-state index in [0.717, 1.165) is 18.4 Å². The van der Waals surface area contributed by atoms with Crippen molar-refractivity contribution in [3.8, 4) is 0 Å². The van der Waals surface area contributed by atoms with Crippen LogP contribution in [0.1, 0.15) is 80.1 Å². The molecule has 0 spiro atoms. The molecule has 2 atom stereocenters. The molecule has 0 aromatic carbocycles. The molecule has 0 bridgehead atoms. The lowest BCUT2D eigenvalue weighted by molar-refractivity contribution is 0.212. The first-order chi connectivity index (χ1) is 7.99. The number of nitrogens with one attached hydrogen (secondary N) is 1. The Hall–Kier alpha value is -0.0400. The summed E-state index contributed by atoms with van der Waals surface area (Å²) in [5, 5.41) is 3.82. The standard InChI is InChI=1S/C16H35N/c1-7-11-16(17-9-3,12-10-14(4)5)13-15(6)8-2/h14-15,17H,7-13H2,1-6H3. The van der Waals surface area contributed by atoms with E-state index in [1.807, 2.05) is 0 Å². The fourth-order valence-corrected chi connectivity index (χ4v) is 2.81. The topological polar surface area (TPSA) is 12.0 Å². The first-order valence-electron chi connectivity index (χ1n) is 7.74. The van der Waals surface area contributed by atoms with Gasteiger partial charge in [-0.25, -0.2) is 0 Å². The van der Waals surface area contributed by atoms with E-state index in [-0.39, 0.29) is 0 Å². The molecule has 1 N–H and O–H groups in total. The number of rotatable bonds is 10. The highest BCUT2D eigenvalue weighted by atomic mass is 15.0. The van der Waals surface area contributed by atoms with E-state index in [0.29, 0.717) is 5.54 Å². The smallest absolute Gasteiger partial charge is 0.0183 e. The van der Waals surface area contributed by atoms with Crippen LogP contribution in [-0.2, 0) is 0 Å². The molecular weight excluding hydrogens is 206 g/mol. The van der Waals surface area contributed by atoms with Crippen LogP contribution < -0.4 is 5.32 Å². The Kier molecular flexibility index (Phi) is 8.94. The van der Waals surface area contributed by atoms with Crippen LogP contribution in [0.2, 0.25) is 0 Å². The molecule has 0 fully saturated rings. The molecular formula is C16H35N. The van der Waals surface area contributed by atoms with Gasteiger partial charge >= 0.3 is 0 Å². The average Bonchev–Trinajstić information content (AvgIpc) is 2.27. The molecule has 0 aliphatic carbocycles. The Morgan fingerprint density at radius 1 is 1.00 bits per heavy atom. The molecule has 2 unspecified atom stereocenters. The van der Waals surface area contributed by atoms with Crippen LogP contribution >= 0.6 is 0 Å². The van der Waals surface area contributed by atoms with Gasteiger partial charge in [0.1, 0.15) is 0 Å². The summed E-state index contributed by atoms with van der Waals surface area (Å²) < 4.78 is 0. The summed E-state index contributed by atoms with van der Waals surface area (Å²) in [5.74, 6) is 1.66. The lowest BCUT2D eigenvalue weighted by atomic mass is 9.78. The lowest BCUT2D eigenvalue weighted by Crippen LogP contribution is -2.46. The van der Waals surface area contributed by atoms with Crippen molar-refractivity contribution in [2.75, 3.05) is 6.54 Å². The second-order valence-corrected chi connectivity index (χ2v) is 6.21. The molecule has 0 rings (SSSR count). The maximum atomic E-state index is 3.82. The van der Waals surface area contributed by atoms with Gasteiger partial charge < -0.3 is 5.32 Å². The lowest BCUT2D eigenvalue weighted by Gasteiger charge is -2.37. The van der Waals surface area contributed by atoms with E-state index in [2.05, 4.69) is 46.9 Å². The zero-order valence-electron chi connectivity index (χ0n) is 13.1. The summed E-state index contributed by atoms with van der Waals surface area (Å²) in [6.45, 7) is 15.1. The van der Waals surface area contributed by atoms with Crippen molar-refractivity contribution in [3.05, 3.63) is 0 Å². The predicted molar refractivity (Wildman–Crippen MR) is 79.5 cm³/mol. The van der Waals surface area contributed by atoms with Gasteiger partial charge in [-0.3, -0.25) is 0 Å². The molecule has 1 nitrogen and oxygen atoms in total. The minimum atomic E-state index is 0.406. The molecule has 17 heavy (non-hydrogen) atoms. The van der Waals surface area contributed by atoms with Crippen LogP contribution in [0.15, 0.2) is 0 Å². The molecule has 104 valence electrons. The van der Waals surface area contributed by atoms with Crippen LogP contribution in [0, 0.1) is 11.8 Å². The normalized spacial score (nSPS) is 17.1. The van der Waals surface area contributed by atoms with Gasteiger partial charge in [0.15, 0.2) is 0 Å². The van der Waals surface area contributed by atoms with E-state index in [1.54, 1.807) is 0 Å². The van der Waals surface area contributed by atoms with Crippen molar-refractivity contribution < 1.29 is 0 Å². The Morgan fingerprint density at radius 3 is 2.06 bits per heavy atom. The largest absolute Gasteiger partial charge is 0.312 e. The molecule has 0 radical (unpaired) electrons. The van der Waals surface area contributed by atoms with E-state index >= 15 is 0 Å². The van der Waals surface area contributed by atoms with Crippen LogP contribution in [0.4, 0.5) is 0 Å². The van der Waals surface area contributed by atoms with Crippen molar-refractivity contribution >= 4 is 0 Å². The monoisotopic (exact) mass is 241 g/mol. The van der Waals surface area contributed by atoms with E-state index in [1.165, 1.54) is 38.5 Å². The average molecular weight is 241 g/mol. The molecule has 0 aliphatic heterocycles. The third-order valence-electron chi connectivity index (χ3n) is 3.92. The maximum absolute atomic E-state index is 3.82. The quantitative estimate of drug-likeness (QED) is 0.567. The fraction of sp³-hybridized carbons (Fsp3) is 1.00. The van der Waals surface area contributed by atoms with Crippen molar-refractivity contribution in [1.82, 2.24) is 5.32 Å². The summed E-state index contributed by atoms with van der Waals surface area (Å²) in [6.07, 6.45) is 7.97. The summed E-state index contributed by atoms with van der Waals surface area (Å²) in [4.78, 5) is 0. The SMILES string of the molecule is CCCC(CCC(C)C)(CC(C)CC)NCC. The van der Waals surface area contributed by atoms with Gasteiger partial charge in [0.25, 0.3) is 0 Å². The third kappa shape index (κ3) is 7.08. The van der Waals surface area contributed by atoms with Gasteiger partial charge in [0.2, 0.25) is 0 Å². The minimum Gasteiger partial charge on any atom is -0.312 e. The maximum Gasteiger partial charge on any atom is 0.0183 e. The molecule has 0 amide bonds. The Morgan fingerprint density at radius 2 is 1.65 bits per heavy atom. The number of hydrogen-bond acceptors (Lipinski definition) is 1. The fourth-order valence-electron chi connectivity index (χ4n) is 2.81. The Balaban J connectivity index is 4.58. The van der Waals surface area contributed by atoms with Crippen LogP contribution in [0.25, 0.3) is 0 Å². The summed E-state index contributed by atoms with van der Waals surface area (Å²) >= 11 is 0. The van der Waals surface area contributed by atoms with Crippen LogP contribution in [0.5, 0.6) is 0 Å². The molecule has 0 aliphatic rings. The third-order valence-corrected chi connectivity index (χ3v) is 3.92. The minimum absolute atomic E-state index is 0.406. The Labute approximate surface area is 110 Å². The van der Waals surface area contributed by atoms with Gasteiger partial charge in [0.05, 0.1) is 0 Å². The molecule has 0 heterocycles. The molecule has 0 aromatic heterocycles. The van der Waals surface area contributed by atoms with Gasteiger partial charge in [-0.2, -0.15) is 0 Å². The van der Waals surface area contributed by atoms with Crippen molar-refractivity contribution in [2.45, 2.75) is 85.6 Å². The predicted octanol–water partition coefficient (Wildman–Crippen LogP) is 5.01.